The molecule has 1 aromatic carbocycles. The van der Waals surface area contributed by atoms with Gasteiger partial charge in [0.25, 0.3) is 10.0 Å². The van der Waals surface area contributed by atoms with Crippen LogP contribution in [0.15, 0.2) is 35.6 Å². The van der Waals surface area contributed by atoms with Gasteiger partial charge in [-0.25, -0.2) is 18.1 Å². The van der Waals surface area contributed by atoms with Gasteiger partial charge in [0.05, 0.1) is 6.33 Å². The van der Waals surface area contributed by atoms with Gasteiger partial charge in [0.15, 0.2) is 10.8 Å². The number of aromatic nitrogens is 2. The number of hydrogen-bond donors (Lipinski definition) is 2. The SMILES string of the molecule is Cc1cccc(CNS(=O)(=O)c2c(N)ncn2C)c1. The zero-order chi connectivity index (χ0) is 14.0. The van der Waals surface area contributed by atoms with Gasteiger partial charge >= 0.3 is 0 Å². The number of benzene rings is 1. The topological polar surface area (TPSA) is 90.0 Å². The van der Waals surface area contributed by atoms with Crippen LogP contribution in [-0.4, -0.2) is 18.0 Å². The maximum Gasteiger partial charge on any atom is 0.260 e. The summed E-state index contributed by atoms with van der Waals surface area (Å²) in [5.41, 5.74) is 7.54. The zero-order valence-corrected chi connectivity index (χ0v) is 11.6. The fraction of sp³-hybridized carbons (Fsp3) is 0.250. The Morgan fingerprint density at radius 3 is 2.74 bits per heavy atom. The van der Waals surface area contributed by atoms with E-state index in [1.54, 1.807) is 7.05 Å². The molecule has 0 bridgehead atoms. The summed E-state index contributed by atoms with van der Waals surface area (Å²) in [6.45, 7) is 2.17. The molecular weight excluding hydrogens is 264 g/mol. The molecule has 102 valence electrons. The fourth-order valence-corrected chi connectivity index (χ4v) is 3.08. The molecule has 0 saturated carbocycles. The van der Waals surface area contributed by atoms with E-state index in [1.807, 2.05) is 31.2 Å². The molecule has 3 N–H and O–H groups in total. The van der Waals surface area contributed by atoms with Crippen LogP contribution in [0.2, 0.25) is 0 Å². The van der Waals surface area contributed by atoms with Gasteiger partial charge in [0, 0.05) is 13.6 Å². The number of nitrogens with one attached hydrogen (secondary N) is 1. The van der Waals surface area contributed by atoms with Gasteiger partial charge in [-0.3, -0.25) is 0 Å². The van der Waals surface area contributed by atoms with Crippen LogP contribution < -0.4 is 10.5 Å². The Labute approximate surface area is 112 Å². The van der Waals surface area contributed by atoms with Crippen LogP contribution in [0.1, 0.15) is 11.1 Å². The third-order valence-corrected chi connectivity index (χ3v) is 4.24. The van der Waals surface area contributed by atoms with E-state index >= 15 is 0 Å². The minimum atomic E-state index is -3.66. The normalized spacial score (nSPS) is 11.7. The Bertz CT molecular complexity index is 672. The lowest BCUT2D eigenvalue weighted by atomic mass is 10.1. The number of sulfonamides is 1. The predicted octanol–water partition coefficient (Wildman–Crippen LogP) is 0.789. The van der Waals surface area contributed by atoms with Crippen molar-refractivity contribution in [3.8, 4) is 0 Å². The van der Waals surface area contributed by atoms with Crippen molar-refractivity contribution in [2.75, 3.05) is 5.73 Å². The van der Waals surface area contributed by atoms with Crippen molar-refractivity contribution >= 4 is 15.8 Å². The molecule has 6 nitrogen and oxygen atoms in total. The van der Waals surface area contributed by atoms with Crippen LogP contribution in [0, 0.1) is 6.92 Å². The molecule has 7 heteroatoms. The van der Waals surface area contributed by atoms with E-state index in [9.17, 15) is 8.42 Å². The van der Waals surface area contributed by atoms with E-state index in [0.29, 0.717) is 0 Å². The second-order valence-electron chi connectivity index (χ2n) is 4.36. The summed E-state index contributed by atoms with van der Waals surface area (Å²) in [7, 11) is -2.08. The number of anilines is 1. The van der Waals surface area contributed by atoms with Gasteiger partial charge < -0.3 is 10.3 Å². The third kappa shape index (κ3) is 2.94. The van der Waals surface area contributed by atoms with E-state index in [-0.39, 0.29) is 17.4 Å². The lowest BCUT2D eigenvalue weighted by Crippen LogP contribution is -2.26. The number of hydrogen-bond acceptors (Lipinski definition) is 4. The minimum Gasteiger partial charge on any atom is -0.381 e. The average Bonchev–Trinajstić information content (AvgIpc) is 2.67. The highest BCUT2D eigenvalue weighted by molar-refractivity contribution is 7.89. The highest BCUT2D eigenvalue weighted by Crippen LogP contribution is 2.15. The molecule has 1 heterocycles. The minimum absolute atomic E-state index is 0.000702. The van der Waals surface area contributed by atoms with Crippen molar-refractivity contribution in [3.05, 3.63) is 41.7 Å². The summed E-state index contributed by atoms with van der Waals surface area (Å²) in [4.78, 5) is 3.77. The van der Waals surface area contributed by atoms with Crippen LogP contribution in [0.4, 0.5) is 5.82 Å². The lowest BCUT2D eigenvalue weighted by molar-refractivity contribution is 0.571. The van der Waals surface area contributed by atoms with Crippen LogP contribution >= 0.6 is 0 Å². The molecule has 2 aromatic rings. The van der Waals surface area contributed by atoms with Crippen LogP contribution in [0.25, 0.3) is 0 Å². The first-order valence-corrected chi connectivity index (χ1v) is 7.20. The van der Waals surface area contributed by atoms with Gasteiger partial charge in [-0.15, -0.1) is 0 Å². The summed E-state index contributed by atoms with van der Waals surface area (Å²) >= 11 is 0. The number of aryl methyl sites for hydroxylation is 2. The second kappa shape index (κ2) is 5.02. The van der Waals surface area contributed by atoms with Crippen molar-refractivity contribution in [1.82, 2.24) is 14.3 Å². The first-order chi connectivity index (χ1) is 8.90. The smallest absolute Gasteiger partial charge is 0.260 e. The number of imidazole rings is 1. The molecule has 0 saturated heterocycles. The lowest BCUT2D eigenvalue weighted by Gasteiger charge is -2.08. The molecule has 0 radical (unpaired) electrons. The zero-order valence-electron chi connectivity index (χ0n) is 10.8. The van der Waals surface area contributed by atoms with E-state index < -0.39 is 10.0 Å². The molecule has 0 unspecified atom stereocenters. The van der Waals surface area contributed by atoms with Gasteiger partial charge in [-0.1, -0.05) is 29.8 Å². The summed E-state index contributed by atoms with van der Waals surface area (Å²) in [5, 5.41) is -0.0137. The van der Waals surface area contributed by atoms with Crippen molar-refractivity contribution < 1.29 is 8.42 Å². The monoisotopic (exact) mass is 280 g/mol. The van der Waals surface area contributed by atoms with Crippen molar-refractivity contribution in [1.29, 1.82) is 0 Å². The van der Waals surface area contributed by atoms with Crippen LogP contribution in [0.3, 0.4) is 0 Å². The fourth-order valence-electron chi connectivity index (χ4n) is 1.83. The molecule has 1 aromatic heterocycles. The maximum atomic E-state index is 12.1. The summed E-state index contributed by atoms with van der Waals surface area (Å²) in [6.07, 6.45) is 1.37. The average molecular weight is 280 g/mol. The van der Waals surface area contributed by atoms with Crippen molar-refractivity contribution in [2.24, 2.45) is 7.05 Å². The van der Waals surface area contributed by atoms with E-state index in [0.717, 1.165) is 11.1 Å². The second-order valence-corrected chi connectivity index (χ2v) is 6.04. The largest absolute Gasteiger partial charge is 0.381 e. The molecule has 0 aliphatic heterocycles. The number of nitrogens with two attached hydrogens (primary N) is 1. The highest BCUT2D eigenvalue weighted by Gasteiger charge is 2.21. The Hall–Kier alpha value is -1.86. The van der Waals surface area contributed by atoms with Gasteiger partial charge in [-0.2, -0.15) is 0 Å². The molecule has 0 aliphatic carbocycles. The molecule has 0 atom stereocenters. The predicted molar refractivity (Wildman–Crippen MR) is 72.8 cm³/mol. The highest BCUT2D eigenvalue weighted by atomic mass is 32.2. The van der Waals surface area contributed by atoms with Crippen LogP contribution in [0.5, 0.6) is 0 Å². The molecule has 19 heavy (non-hydrogen) atoms. The molecule has 0 amide bonds. The number of rotatable bonds is 4. The van der Waals surface area contributed by atoms with E-state index in [1.165, 1.54) is 10.9 Å². The van der Waals surface area contributed by atoms with Gasteiger partial charge in [0.1, 0.15) is 0 Å². The maximum absolute atomic E-state index is 12.1. The Morgan fingerprint density at radius 1 is 1.42 bits per heavy atom. The Balaban J connectivity index is 2.19. The molecule has 2 rings (SSSR count). The standard InChI is InChI=1S/C12H16N4O2S/c1-9-4-3-5-10(6-9)7-15-19(17,18)12-11(13)14-8-16(12)2/h3-6,8,15H,7,13H2,1-2H3. The number of nitrogen functional groups attached to an aromatic ring is 1. The quantitative estimate of drug-likeness (QED) is 0.866. The molecule has 0 fully saturated rings. The Morgan fingerprint density at radius 2 is 2.16 bits per heavy atom. The van der Waals surface area contributed by atoms with Crippen LogP contribution in [-0.2, 0) is 23.6 Å². The molecule has 0 aliphatic rings. The summed E-state index contributed by atoms with van der Waals surface area (Å²) in [6, 6.07) is 7.63. The third-order valence-electron chi connectivity index (χ3n) is 2.71. The van der Waals surface area contributed by atoms with E-state index in [4.69, 9.17) is 5.73 Å². The summed E-state index contributed by atoms with van der Waals surface area (Å²) in [5.74, 6) is -0.000702. The van der Waals surface area contributed by atoms with Gasteiger partial charge in [-0.05, 0) is 12.5 Å². The van der Waals surface area contributed by atoms with Crippen molar-refractivity contribution in [2.45, 2.75) is 18.5 Å². The van der Waals surface area contributed by atoms with E-state index in [2.05, 4.69) is 9.71 Å². The first kappa shape index (κ1) is 13.6. The number of nitrogens with zero attached hydrogens (tertiary/aromatic N) is 2. The Kier molecular flexibility index (Phi) is 3.59. The molecular formula is C12H16N4O2S. The first-order valence-electron chi connectivity index (χ1n) is 5.72. The molecule has 0 spiro atoms. The summed E-state index contributed by atoms with van der Waals surface area (Å²) < 4.78 is 28.2. The van der Waals surface area contributed by atoms with Crippen molar-refractivity contribution in [3.63, 3.8) is 0 Å². The van der Waals surface area contributed by atoms with Gasteiger partial charge in [0.2, 0.25) is 0 Å².